The number of carbonyl (C=O) groups excluding carboxylic acids is 1. The van der Waals surface area contributed by atoms with Gasteiger partial charge in [0.25, 0.3) is 0 Å². The summed E-state index contributed by atoms with van der Waals surface area (Å²) in [5.41, 5.74) is 3.71. The number of benzene rings is 1. The molecule has 0 aromatic heterocycles. The Balaban J connectivity index is 2.06. The average Bonchev–Trinajstić information content (AvgIpc) is 2.99. The predicted octanol–water partition coefficient (Wildman–Crippen LogP) is 3.14. The first-order valence-corrected chi connectivity index (χ1v) is 6.36. The molecular formula is C15H21NO. The average molecular weight is 231 g/mol. The molecule has 3 atom stereocenters. The number of nitrogens with one attached hydrogen (secondary N) is 1. The van der Waals surface area contributed by atoms with E-state index in [0.29, 0.717) is 5.92 Å². The summed E-state index contributed by atoms with van der Waals surface area (Å²) in [5, 5.41) is 3.12. The summed E-state index contributed by atoms with van der Waals surface area (Å²) in [5.74, 6) is 1.04. The van der Waals surface area contributed by atoms with Crippen LogP contribution in [0.15, 0.2) is 18.2 Å². The zero-order chi connectivity index (χ0) is 12.6. The van der Waals surface area contributed by atoms with Gasteiger partial charge in [-0.1, -0.05) is 30.7 Å². The maximum absolute atomic E-state index is 11.9. The Morgan fingerprint density at radius 1 is 1.41 bits per heavy atom. The van der Waals surface area contributed by atoms with Crippen LogP contribution in [-0.4, -0.2) is 5.91 Å². The van der Waals surface area contributed by atoms with E-state index in [-0.39, 0.29) is 17.9 Å². The molecule has 1 saturated carbocycles. The van der Waals surface area contributed by atoms with Gasteiger partial charge in [0.2, 0.25) is 5.91 Å². The van der Waals surface area contributed by atoms with Crippen LogP contribution in [0.1, 0.15) is 43.0 Å². The molecule has 2 nitrogen and oxygen atoms in total. The number of amides is 1. The Bertz CT molecular complexity index is 439. The SMILES string of the molecule is Cc1ccc(C)c([C@H](C)NC(=O)[C@@H]2C[C@H]2C)c1. The molecule has 0 aliphatic heterocycles. The van der Waals surface area contributed by atoms with Gasteiger partial charge in [-0.2, -0.15) is 0 Å². The van der Waals surface area contributed by atoms with E-state index in [0.717, 1.165) is 6.42 Å². The lowest BCUT2D eigenvalue weighted by Crippen LogP contribution is -2.28. The second-order valence-corrected chi connectivity index (χ2v) is 5.41. The van der Waals surface area contributed by atoms with E-state index in [1.165, 1.54) is 16.7 Å². The third-order valence-electron chi connectivity index (χ3n) is 3.71. The smallest absolute Gasteiger partial charge is 0.223 e. The van der Waals surface area contributed by atoms with E-state index >= 15 is 0 Å². The molecule has 0 unspecified atom stereocenters. The third kappa shape index (κ3) is 2.68. The van der Waals surface area contributed by atoms with Crippen LogP contribution < -0.4 is 5.32 Å². The second kappa shape index (κ2) is 4.52. The normalized spacial score (nSPS) is 24.2. The molecule has 0 spiro atoms. The van der Waals surface area contributed by atoms with Crippen molar-refractivity contribution in [1.82, 2.24) is 5.32 Å². The number of rotatable bonds is 3. The van der Waals surface area contributed by atoms with Crippen LogP contribution in [0.25, 0.3) is 0 Å². The minimum absolute atomic E-state index is 0.107. The molecule has 0 bridgehead atoms. The molecular weight excluding hydrogens is 210 g/mol. The van der Waals surface area contributed by atoms with Crippen LogP contribution in [0, 0.1) is 25.7 Å². The van der Waals surface area contributed by atoms with Gasteiger partial charge < -0.3 is 5.32 Å². The van der Waals surface area contributed by atoms with Crippen molar-refractivity contribution in [2.75, 3.05) is 0 Å². The lowest BCUT2D eigenvalue weighted by molar-refractivity contribution is -0.123. The van der Waals surface area contributed by atoms with Gasteiger partial charge in [-0.05, 0) is 44.2 Å². The van der Waals surface area contributed by atoms with Crippen LogP contribution in [0.3, 0.4) is 0 Å². The van der Waals surface area contributed by atoms with E-state index in [2.05, 4.69) is 51.2 Å². The van der Waals surface area contributed by atoms with Crippen LogP contribution >= 0.6 is 0 Å². The lowest BCUT2D eigenvalue weighted by atomic mass is 10.00. The van der Waals surface area contributed by atoms with Crippen molar-refractivity contribution in [1.29, 1.82) is 0 Å². The summed E-state index contributed by atoms with van der Waals surface area (Å²) in [6.07, 6.45) is 1.05. The van der Waals surface area contributed by atoms with Gasteiger partial charge in [-0.15, -0.1) is 0 Å². The molecule has 1 aromatic rings. The molecule has 0 radical (unpaired) electrons. The van der Waals surface area contributed by atoms with Gasteiger partial charge in [-0.3, -0.25) is 4.79 Å². The number of hydrogen-bond acceptors (Lipinski definition) is 1. The molecule has 1 amide bonds. The first-order chi connectivity index (χ1) is 7.99. The van der Waals surface area contributed by atoms with Crippen LogP contribution in [0.5, 0.6) is 0 Å². The summed E-state index contributed by atoms with van der Waals surface area (Å²) in [4.78, 5) is 11.9. The second-order valence-electron chi connectivity index (χ2n) is 5.41. The van der Waals surface area contributed by atoms with E-state index < -0.39 is 0 Å². The van der Waals surface area contributed by atoms with Gasteiger partial charge in [0.1, 0.15) is 0 Å². The van der Waals surface area contributed by atoms with E-state index in [9.17, 15) is 4.79 Å². The minimum atomic E-state index is 0.107. The zero-order valence-electron chi connectivity index (χ0n) is 11.1. The maximum atomic E-state index is 11.9. The van der Waals surface area contributed by atoms with Crippen LogP contribution in [-0.2, 0) is 4.79 Å². The van der Waals surface area contributed by atoms with Crippen molar-refractivity contribution in [2.24, 2.45) is 11.8 Å². The first-order valence-electron chi connectivity index (χ1n) is 6.36. The highest BCUT2D eigenvalue weighted by molar-refractivity contribution is 5.81. The molecule has 1 fully saturated rings. The Morgan fingerprint density at radius 3 is 2.65 bits per heavy atom. The van der Waals surface area contributed by atoms with Crippen molar-refractivity contribution in [3.05, 3.63) is 34.9 Å². The highest BCUT2D eigenvalue weighted by Crippen LogP contribution is 2.38. The van der Waals surface area contributed by atoms with E-state index in [1.54, 1.807) is 0 Å². The monoisotopic (exact) mass is 231 g/mol. The maximum Gasteiger partial charge on any atom is 0.223 e. The molecule has 2 rings (SSSR count). The molecule has 1 aliphatic rings. The predicted molar refractivity (Wildman–Crippen MR) is 69.7 cm³/mol. The van der Waals surface area contributed by atoms with E-state index in [4.69, 9.17) is 0 Å². The fourth-order valence-corrected chi connectivity index (χ4v) is 2.31. The molecule has 0 heterocycles. The molecule has 0 saturated heterocycles. The van der Waals surface area contributed by atoms with Gasteiger partial charge in [0.05, 0.1) is 6.04 Å². The molecule has 1 aromatic carbocycles. The standard InChI is InChI=1S/C15H21NO/c1-9-5-6-10(2)13(7-9)12(4)16-15(17)14-8-11(14)3/h5-7,11-12,14H,8H2,1-4H3,(H,16,17)/t11-,12+,14-/m1/s1. The summed E-state index contributed by atoms with van der Waals surface area (Å²) in [6.45, 7) is 8.37. The minimum Gasteiger partial charge on any atom is -0.349 e. The molecule has 92 valence electrons. The molecule has 2 heteroatoms. The molecule has 17 heavy (non-hydrogen) atoms. The summed E-state index contributed by atoms with van der Waals surface area (Å²) >= 11 is 0. The van der Waals surface area contributed by atoms with Gasteiger partial charge in [0.15, 0.2) is 0 Å². The van der Waals surface area contributed by atoms with E-state index in [1.807, 2.05) is 0 Å². The van der Waals surface area contributed by atoms with Crippen molar-refractivity contribution in [2.45, 2.75) is 40.2 Å². The third-order valence-corrected chi connectivity index (χ3v) is 3.71. The van der Waals surface area contributed by atoms with Crippen molar-refractivity contribution >= 4 is 5.91 Å². The number of hydrogen-bond donors (Lipinski definition) is 1. The fraction of sp³-hybridized carbons (Fsp3) is 0.533. The summed E-state index contributed by atoms with van der Waals surface area (Å²) in [7, 11) is 0. The fourth-order valence-electron chi connectivity index (χ4n) is 2.31. The van der Waals surface area contributed by atoms with Gasteiger partial charge >= 0.3 is 0 Å². The number of aryl methyl sites for hydroxylation is 2. The van der Waals surface area contributed by atoms with Gasteiger partial charge in [0, 0.05) is 5.92 Å². The van der Waals surface area contributed by atoms with Crippen LogP contribution in [0.2, 0.25) is 0 Å². The number of carbonyl (C=O) groups is 1. The Hall–Kier alpha value is -1.31. The Morgan fingerprint density at radius 2 is 2.06 bits per heavy atom. The quantitative estimate of drug-likeness (QED) is 0.850. The van der Waals surface area contributed by atoms with Gasteiger partial charge in [-0.25, -0.2) is 0 Å². The largest absolute Gasteiger partial charge is 0.349 e. The van der Waals surface area contributed by atoms with Crippen molar-refractivity contribution in [3.8, 4) is 0 Å². The molecule has 1 N–H and O–H groups in total. The highest BCUT2D eigenvalue weighted by atomic mass is 16.2. The Labute approximate surface area is 103 Å². The summed E-state index contributed by atoms with van der Waals surface area (Å²) in [6, 6.07) is 6.50. The summed E-state index contributed by atoms with van der Waals surface area (Å²) < 4.78 is 0. The van der Waals surface area contributed by atoms with Crippen molar-refractivity contribution in [3.63, 3.8) is 0 Å². The first kappa shape index (κ1) is 12.2. The highest BCUT2D eigenvalue weighted by Gasteiger charge is 2.39. The topological polar surface area (TPSA) is 29.1 Å². The lowest BCUT2D eigenvalue weighted by Gasteiger charge is -2.17. The Kier molecular flexibility index (Phi) is 3.23. The molecule has 1 aliphatic carbocycles. The zero-order valence-corrected chi connectivity index (χ0v) is 11.1. The van der Waals surface area contributed by atoms with Crippen LogP contribution in [0.4, 0.5) is 0 Å². The van der Waals surface area contributed by atoms with Crippen molar-refractivity contribution < 1.29 is 4.79 Å².